The molecule has 2 aliphatic heterocycles. The third kappa shape index (κ3) is 3.66. The van der Waals surface area contributed by atoms with Gasteiger partial charge in [-0.15, -0.1) is 0 Å². The molecule has 0 saturated carbocycles. The number of halogens is 4. The number of nitrogens with one attached hydrogen (secondary N) is 2. The van der Waals surface area contributed by atoms with Gasteiger partial charge in [0.15, 0.2) is 0 Å². The highest BCUT2D eigenvalue weighted by atomic mass is 19.4. The van der Waals surface area contributed by atoms with E-state index in [1.807, 2.05) is 0 Å². The number of benzene rings is 1. The molecule has 3 N–H and O–H groups in total. The van der Waals surface area contributed by atoms with E-state index >= 15 is 0 Å². The molecule has 2 aliphatic rings. The quantitative estimate of drug-likeness (QED) is 0.638. The molecule has 7 nitrogen and oxygen atoms in total. The van der Waals surface area contributed by atoms with E-state index in [0.29, 0.717) is 12.1 Å². The van der Waals surface area contributed by atoms with Crippen molar-refractivity contribution < 1.29 is 37.1 Å². The maximum atomic E-state index is 13.4. The average molecular weight is 403 g/mol. The maximum Gasteiger partial charge on any atom is 0.419 e. The normalized spacial score (nSPS) is 25.9. The van der Waals surface area contributed by atoms with Gasteiger partial charge in [-0.25, -0.2) is 4.39 Å². The molecule has 3 rings (SSSR count). The van der Waals surface area contributed by atoms with Crippen LogP contribution in [0, 0.1) is 5.82 Å². The molecule has 2 saturated heterocycles. The number of alkyl halides is 3. The highest BCUT2D eigenvalue weighted by Crippen LogP contribution is 2.32. The van der Waals surface area contributed by atoms with E-state index in [9.17, 15) is 37.1 Å². The third-order valence-corrected chi connectivity index (χ3v) is 4.80. The van der Waals surface area contributed by atoms with Crippen LogP contribution in [0.1, 0.15) is 29.3 Å². The zero-order valence-electron chi connectivity index (χ0n) is 14.6. The van der Waals surface area contributed by atoms with Gasteiger partial charge < -0.3 is 20.6 Å². The van der Waals surface area contributed by atoms with Gasteiger partial charge in [0.25, 0.3) is 5.91 Å². The minimum absolute atomic E-state index is 0.0286. The van der Waals surface area contributed by atoms with Crippen LogP contribution in [0.3, 0.4) is 0 Å². The number of carbonyl (C=O) groups is 3. The van der Waals surface area contributed by atoms with Gasteiger partial charge in [-0.2, -0.15) is 13.2 Å². The number of hydrogen-bond acceptors (Lipinski definition) is 4. The van der Waals surface area contributed by atoms with Crippen molar-refractivity contribution in [3.05, 3.63) is 35.1 Å². The van der Waals surface area contributed by atoms with Crippen molar-refractivity contribution in [2.75, 3.05) is 6.54 Å². The van der Waals surface area contributed by atoms with E-state index in [-0.39, 0.29) is 13.0 Å². The van der Waals surface area contributed by atoms with Crippen LogP contribution in [0.2, 0.25) is 0 Å². The average Bonchev–Trinajstić information content (AvgIpc) is 3.01. The van der Waals surface area contributed by atoms with Crippen LogP contribution >= 0.6 is 0 Å². The highest BCUT2D eigenvalue weighted by Gasteiger charge is 2.48. The minimum Gasteiger partial charge on any atom is -0.391 e. The molecular formula is C17H17F4N3O4. The Kier molecular flexibility index (Phi) is 5.04. The monoisotopic (exact) mass is 403 g/mol. The highest BCUT2D eigenvalue weighted by molar-refractivity contribution is 5.98. The van der Waals surface area contributed by atoms with Gasteiger partial charge in [-0.1, -0.05) is 0 Å². The van der Waals surface area contributed by atoms with Crippen molar-refractivity contribution in [2.24, 2.45) is 0 Å². The topological polar surface area (TPSA) is 98.7 Å². The zero-order chi connectivity index (χ0) is 20.8. The van der Waals surface area contributed by atoms with Crippen LogP contribution in [-0.2, 0) is 15.8 Å². The number of carbonyl (C=O) groups excluding carboxylic acids is 3. The number of fused-ring (bicyclic) bond motifs is 1. The fraction of sp³-hybridized carbons (Fsp3) is 0.471. The van der Waals surface area contributed by atoms with Gasteiger partial charge in [0.2, 0.25) is 11.8 Å². The maximum absolute atomic E-state index is 13.4. The van der Waals surface area contributed by atoms with Crippen LogP contribution in [0.4, 0.5) is 17.6 Å². The van der Waals surface area contributed by atoms with E-state index in [2.05, 4.69) is 10.6 Å². The number of rotatable bonds is 3. The zero-order valence-corrected chi connectivity index (χ0v) is 14.6. The minimum atomic E-state index is -4.95. The molecule has 28 heavy (non-hydrogen) atoms. The number of aliphatic hydroxyl groups is 1. The standard InChI is InChI=1S/C17H17F4N3O4/c1-7(25)13-16(28)24-6-9(5-12(24)15(27)23-13)22-14(26)8-2-3-11(18)10(4-8)17(19,20)21/h2-4,7,9,12-13,25H,5-6H2,1H3,(H,22,26)(H,23,27)/t7-,9-,12-,13+/m0/s1. The first-order valence-corrected chi connectivity index (χ1v) is 8.45. The van der Waals surface area contributed by atoms with E-state index in [1.165, 1.54) is 11.8 Å². The summed E-state index contributed by atoms with van der Waals surface area (Å²) in [5, 5.41) is 14.5. The van der Waals surface area contributed by atoms with Crippen LogP contribution in [0.15, 0.2) is 18.2 Å². The molecule has 11 heteroatoms. The summed E-state index contributed by atoms with van der Waals surface area (Å²) in [6.45, 7) is 1.32. The van der Waals surface area contributed by atoms with E-state index in [4.69, 9.17) is 0 Å². The second-order valence-corrected chi connectivity index (χ2v) is 6.83. The second-order valence-electron chi connectivity index (χ2n) is 6.83. The van der Waals surface area contributed by atoms with E-state index in [1.54, 1.807) is 0 Å². The first-order chi connectivity index (χ1) is 13.0. The van der Waals surface area contributed by atoms with Crippen molar-refractivity contribution in [3.8, 4) is 0 Å². The van der Waals surface area contributed by atoms with Crippen molar-refractivity contribution in [1.29, 1.82) is 0 Å². The van der Waals surface area contributed by atoms with Gasteiger partial charge in [0.05, 0.1) is 11.7 Å². The largest absolute Gasteiger partial charge is 0.419 e. The predicted octanol–water partition coefficient (Wildman–Crippen LogP) is 0.423. The summed E-state index contributed by atoms with van der Waals surface area (Å²) in [5.41, 5.74) is -1.95. The molecule has 0 bridgehead atoms. The summed E-state index contributed by atoms with van der Waals surface area (Å²) in [5.74, 6) is -3.36. The summed E-state index contributed by atoms with van der Waals surface area (Å²) >= 11 is 0. The van der Waals surface area contributed by atoms with Gasteiger partial charge in [-0.05, 0) is 31.5 Å². The SMILES string of the molecule is C[C@H](O)[C@H]1NC(=O)[C@@H]2C[C@H](NC(=O)c3ccc(F)c(C(F)(F)F)c3)CN2C1=O. The van der Waals surface area contributed by atoms with Gasteiger partial charge in [0.1, 0.15) is 17.9 Å². The Morgan fingerprint density at radius 2 is 2.04 bits per heavy atom. The molecule has 0 aromatic heterocycles. The van der Waals surface area contributed by atoms with Crippen LogP contribution in [0.25, 0.3) is 0 Å². The number of hydrogen-bond donors (Lipinski definition) is 3. The first-order valence-electron chi connectivity index (χ1n) is 8.45. The van der Waals surface area contributed by atoms with Crippen molar-refractivity contribution in [2.45, 2.75) is 43.8 Å². The molecular weight excluding hydrogens is 386 g/mol. The Morgan fingerprint density at radius 1 is 1.36 bits per heavy atom. The Morgan fingerprint density at radius 3 is 2.64 bits per heavy atom. The number of aliphatic hydroxyl groups excluding tert-OH is 1. The lowest BCUT2D eigenvalue weighted by Gasteiger charge is -2.35. The first kappa shape index (κ1) is 20.1. The molecule has 2 heterocycles. The van der Waals surface area contributed by atoms with Crippen LogP contribution in [0.5, 0.6) is 0 Å². The van der Waals surface area contributed by atoms with Gasteiger partial charge in [-0.3, -0.25) is 14.4 Å². The summed E-state index contributed by atoms with van der Waals surface area (Å²) in [6, 6.07) is -0.728. The Hall–Kier alpha value is -2.69. The van der Waals surface area contributed by atoms with Crippen LogP contribution in [-0.4, -0.2) is 58.5 Å². The smallest absolute Gasteiger partial charge is 0.391 e. The molecule has 0 spiro atoms. The summed E-state index contributed by atoms with van der Waals surface area (Å²) < 4.78 is 51.8. The number of amides is 3. The second kappa shape index (κ2) is 7.04. The van der Waals surface area contributed by atoms with E-state index in [0.717, 1.165) is 6.07 Å². The molecule has 1 aromatic carbocycles. The van der Waals surface area contributed by atoms with E-state index < -0.39 is 65.1 Å². The predicted molar refractivity (Wildman–Crippen MR) is 86.4 cm³/mol. The van der Waals surface area contributed by atoms with Crippen LogP contribution < -0.4 is 10.6 Å². The Labute approximate surface area is 156 Å². The molecule has 0 radical (unpaired) electrons. The lowest BCUT2D eigenvalue weighted by atomic mass is 10.0. The van der Waals surface area contributed by atoms with Crippen molar-refractivity contribution in [1.82, 2.24) is 15.5 Å². The summed E-state index contributed by atoms with van der Waals surface area (Å²) in [7, 11) is 0. The van der Waals surface area contributed by atoms with Gasteiger partial charge >= 0.3 is 6.18 Å². The van der Waals surface area contributed by atoms with Crippen molar-refractivity contribution >= 4 is 17.7 Å². The molecule has 3 amide bonds. The Balaban J connectivity index is 1.73. The number of piperazine rings is 1. The third-order valence-electron chi connectivity index (χ3n) is 4.80. The number of nitrogens with zero attached hydrogens (tertiary/aromatic N) is 1. The molecule has 2 fully saturated rings. The van der Waals surface area contributed by atoms with Crippen molar-refractivity contribution in [3.63, 3.8) is 0 Å². The molecule has 152 valence electrons. The summed E-state index contributed by atoms with van der Waals surface area (Å²) in [4.78, 5) is 38.0. The lowest BCUT2D eigenvalue weighted by Crippen LogP contribution is -2.64. The molecule has 0 unspecified atom stereocenters. The fourth-order valence-corrected chi connectivity index (χ4v) is 3.40. The Bertz CT molecular complexity index is 827. The fourth-order valence-electron chi connectivity index (χ4n) is 3.40. The molecule has 4 atom stereocenters. The molecule has 0 aliphatic carbocycles. The lowest BCUT2D eigenvalue weighted by molar-refractivity contribution is -0.149. The molecule has 1 aromatic rings. The summed E-state index contributed by atoms with van der Waals surface area (Å²) in [6.07, 6.45) is -5.98. The van der Waals surface area contributed by atoms with Gasteiger partial charge in [0, 0.05) is 18.2 Å².